The summed E-state index contributed by atoms with van der Waals surface area (Å²) in [6.07, 6.45) is 0. The zero-order chi connectivity index (χ0) is 18.8. The minimum absolute atomic E-state index is 0.0719. The molecule has 0 saturated carbocycles. The lowest BCUT2D eigenvalue weighted by atomic mass is 9.97. The van der Waals surface area contributed by atoms with Crippen molar-refractivity contribution in [2.45, 2.75) is 40.2 Å². The predicted molar refractivity (Wildman–Crippen MR) is 91.6 cm³/mol. The van der Waals surface area contributed by atoms with Crippen LogP contribution in [0.15, 0.2) is 12.1 Å². The second kappa shape index (κ2) is 7.44. The molecule has 1 aromatic carbocycles. The summed E-state index contributed by atoms with van der Waals surface area (Å²) < 4.78 is 21.9. The summed E-state index contributed by atoms with van der Waals surface area (Å²) in [6.45, 7) is 9.41. The molecule has 1 saturated heterocycles. The molecule has 0 N–H and O–H groups in total. The molecule has 2 rings (SSSR count). The summed E-state index contributed by atoms with van der Waals surface area (Å²) in [5, 5.41) is 0. The molecule has 25 heavy (non-hydrogen) atoms. The van der Waals surface area contributed by atoms with E-state index in [0.717, 1.165) is 5.56 Å². The van der Waals surface area contributed by atoms with E-state index in [1.807, 2.05) is 6.92 Å². The Hall–Kier alpha value is -2.08. The lowest BCUT2D eigenvalue weighted by Gasteiger charge is -2.20. The van der Waals surface area contributed by atoms with Crippen LogP contribution in [0.2, 0.25) is 0 Å². The van der Waals surface area contributed by atoms with Crippen LogP contribution in [0.5, 0.6) is 11.5 Å². The second-order valence-electron chi connectivity index (χ2n) is 6.94. The molecule has 0 spiro atoms. The summed E-state index contributed by atoms with van der Waals surface area (Å²) in [4.78, 5) is 23.8. The highest BCUT2D eigenvalue weighted by Crippen LogP contribution is 2.46. The number of hydrogen-bond acceptors (Lipinski definition) is 6. The van der Waals surface area contributed by atoms with Gasteiger partial charge in [0.05, 0.1) is 25.6 Å². The average molecular weight is 350 g/mol. The Balaban J connectivity index is 2.33. The number of ether oxygens (including phenoxy) is 4. The van der Waals surface area contributed by atoms with Crippen LogP contribution in [-0.2, 0) is 24.7 Å². The summed E-state index contributed by atoms with van der Waals surface area (Å²) in [5.41, 5.74) is 0.700. The number of esters is 2. The van der Waals surface area contributed by atoms with Crippen LogP contribution in [0.3, 0.4) is 0 Å². The molecule has 6 heteroatoms. The van der Waals surface area contributed by atoms with Gasteiger partial charge in [-0.2, -0.15) is 0 Å². The summed E-state index contributed by atoms with van der Waals surface area (Å²) >= 11 is 0. The fourth-order valence-electron chi connectivity index (χ4n) is 2.31. The Morgan fingerprint density at radius 1 is 1.12 bits per heavy atom. The first-order valence-corrected chi connectivity index (χ1v) is 8.41. The van der Waals surface area contributed by atoms with Crippen molar-refractivity contribution in [1.29, 1.82) is 0 Å². The lowest BCUT2D eigenvalue weighted by Crippen LogP contribution is -2.24. The van der Waals surface area contributed by atoms with Gasteiger partial charge in [-0.25, -0.2) is 0 Å². The van der Waals surface area contributed by atoms with Crippen molar-refractivity contribution in [3.63, 3.8) is 0 Å². The minimum atomic E-state index is -0.794. The highest BCUT2D eigenvalue weighted by Gasteiger charge is 2.50. The lowest BCUT2D eigenvalue weighted by molar-refractivity contribution is -0.149. The summed E-state index contributed by atoms with van der Waals surface area (Å²) in [5.74, 6) is -0.0401. The predicted octanol–water partition coefficient (Wildman–Crippen LogP) is 2.99. The molecule has 0 radical (unpaired) electrons. The van der Waals surface area contributed by atoms with Crippen LogP contribution in [-0.4, -0.2) is 32.3 Å². The Morgan fingerprint density at radius 2 is 1.72 bits per heavy atom. The minimum Gasteiger partial charge on any atom is -0.496 e. The number of aryl methyl sites for hydroxylation is 1. The molecule has 1 heterocycles. The molecule has 1 aliphatic rings. The number of methoxy groups -OCH3 is 1. The van der Waals surface area contributed by atoms with Crippen LogP contribution in [0.4, 0.5) is 0 Å². The van der Waals surface area contributed by atoms with E-state index in [2.05, 4.69) is 0 Å². The maximum atomic E-state index is 12.1. The Kier molecular flexibility index (Phi) is 5.72. The maximum absolute atomic E-state index is 12.1. The zero-order valence-corrected chi connectivity index (χ0v) is 15.7. The molecule has 0 amide bonds. The van der Waals surface area contributed by atoms with Gasteiger partial charge in [-0.1, -0.05) is 27.7 Å². The topological polar surface area (TPSA) is 74.4 Å². The van der Waals surface area contributed by atoms with Gasteiger partial charge in [-0.15, -0.1) is 0 Å². The van der Waals surface area contributed by atoms with Crippen LogP contribution in [0.1, 0.15) is 38.8 Å². The molecule has 0 aliphatic carbocycles. The number of benzene rings is 1. The summed E-state index contributed by atoms with van der Waals surface area (Å²) in [7, 11) is 1.57. The Morgan fingerprint density at radius 3 is 2.20 bits per heavy atom. The normalized spacial score (nSPS) is 19.0. The molecular weight excluding hydrogens is 324 g/mol. The SMILES string of the molecule is COc1cc([C@@]2(COC(=O)C(C)C)CO2)c(OC(=O)C(C)C)cc1C. The molecule has 1 atom stereocenters. The van der Waals surface area contributed by atoms with Crippen molar-refractivity contribution in [1.82, 2.24) is 0 Å². The van der Waals surface area contributed by atoms with E-state index in [1.54, 1.807) is 46.9 Å². The molecular formula is C19H26O6. The first-order valence-electron chi connectivity index (χ1n) is 8.41. The van der Waals surface area contributed by atoms with E-state index in [-0.39, 0.29) is 30.4 Å². The van der Waals surface area contributed by atoms with Gasteiger partial charge in [0, 0.05) is 5.56 Å². The fourth-order valence-corrected chi connectivity index (χ4v) is 2.31. The van der Waals surface area contributed by atoms with E-state index < -0.39 is 5.60 Å². The molecule has 0 aromatic heterocycles. The third-order valence-corrected chi connectivity index (χ3v) is 4.08. The number of hydrogen-bond donors (Lipinski definition) is 0. The van der Waals surface area contributed by atoms with Crippen LogP contribution >= 0.6 is 0 Å². The monoisotopic (exact) mass is 350 g/mol. The van der Waals surface area contributed by atoms with Crippen LogP contribution < -0.4 is 9.47 Å². The first-order chi connectivity index (χ1) is 11.7. The first kappa shape index (κ1) is 19.2. The number of carbonyl (C=O) groups is 2. The fraction of sp³-hybridized carbons (Fsp3) is 0.579. The van der Waals surface area contributed by atoms with Crippen molar-refractivity contribution in [2.24, 2.45) is 11.8 Å². The van der Waals surface area contributed by atoms with Gasteiger partial charge in [0.1, 0.15) is 18.1 Å². The molecule has 1 aromatic rings. The van der Waals surface area contributed by atoms with E-state index in [1.165, 1.54) is 0 Å². The second-order valence-corrected chi connectivity index (χ2v) is 6.94. The largest absolute Gasteiger partial charge is 0.496 e. The quantitative estimate of drug-likeness (QED) is 0.427. The van der Waals surface area contributed by atoms with Crippen molar-refractivity contribution in [3.8, 4) is 11.5 Å². The smallest absolute Gasteiger partial charge is 0.313 e. The van der Waals surface area contributed by atoms with Crippen molar-refractivity contribution in [2.75, 3.05) is 20.3 Å². The van der Waals surface area contributed by atoms with Gasteiger partial charge in [-0.05, 0) is 24.6 Å². The van der Waals surface area contributed by atoms with Crippen molar-refractivity contribution >= 4 is 11.9 Å². The van der Waals surface area contributed by atoms with Gasteiger partial charge in [0.25, 0.3) is 0 Å². The van der Waals surface area contributed by atoms with E-state index in [0.29, 0.717) is 23.7 Å². The molecule has 1 fully saturated rings. The maximum Gasteiger partial charge on any atom is 0.313 e. The van der Waals surface area contributed by atoms with E-state index in [4.69, 9.17) is 18.9 Å². The van der Waals surface area contributed by atoms with Gasteiger partial charge in [-0.3, -0.25) is 9.59 Å². The molecule has 1 aliphatic heterocycles. The highest BCUT2D eigenvalue weighted by atomic mass is 16.6. The van der Waals surface area contributed by atoms with Gasteiger partial charge in [0.2, 0.25) is 0 Å². The molecule has 138 valence electrons. The average Bonchev–Trinajstić information content (AvgIpc) is 3.33. The third-order valence-electron chi connectivity index (χ3n) is 4.08. The molecule has 0 bridgehead atoms. The van der Waals surface area contributed by atoms with Crippen LogP contribution in [0, 0.1) is 18.8 Å². The van der Waals surface area contributed by atoms with Crippen LogP contribution in [0.25, 0.3) is 0 Å². The highest BCUT2D eigenvalue weighted by molar-refractivity contribution is 5.75. The molecule has 0 unspecified atom stereocenters. The number of rotatable bonds is 7. The number of epoxide rings is 1. The third kappa shape index (κ3) is 4.31. The van der Waals surface area contributed by atoms with E-state index >= 15 is 0 Å². The van der Waals surface area contributed by atoms with Crippen molar-refractivity contribution in [3.05, 3.63) is 23.3 Å². The van der Waals surface area contributed by atoms with Gasteiger partial charge in [0.15, 0.2) is 5.60 Å². The summed E-state index contributed by atoms with van der Waals surface area (Å²) in [6, 6.07) is 3.54. The van der Waals surface area contributed by atoms with Gasteiger partial charge < -0.3 is 18.9 Å². The van der Waals surface area contributed by atoms with Gasteiger partial charge >= 0.3 is 11.9 Å². The molecule has 6 nitrogen and oxygen atoms in total. The Labute approximate surface area is 148 Å². The standard InChI is InChI=1S/C19H26O6/c1-11(2)17(20)23-9-19(10-24-19)14-8-15(22-6)13(5)7-16(14)25-18(21)12(3)4/h7-8,11-12H,9-10H2,1-6H3/t19-/m1/s1. The number of carbonyl (C=O) groups excluding carboxylic acids is 2. The van der Waals surface area contributed by atoms with Crippen molar-refractivity contribution < 1.29 is 28.5 Å². The Bertz CT molecular complexity index is 658. The zero-order valence-electron chi connectivity index (χ0n) is 15.7. The van der Waals surface area contributed by atoms with E-state index in [9.17, 15) is 9.59 Å².